The van der Waals surface area contributed by atoms with Crippen molar-refractivity contribution in [3.8, 4) is 0 Å². The number of hydrogen-bond acceptors (Lipinski definition) is 3. The molecule has 3 aromatic carbocycles. The SMILES string of the molecule is CCCCC(c1cccc(F)c1)C(OB(O)O)(c1cccc(F)c1)c1cccc(F)c1. The number of halogens is 3. The van der Waals surface area contributed by atoms with Gasteiger partial charge < -0.3 is 14.7 Å². The zero-order valence-corrected chi connectivity index (χ0v) is 17.1. The van der Waals surface area contributed by atoms with Crippen LogP contribution in [-0.4, -0.2) is 17.4 Å². The van der Waals surface area contributed by atoms with Crippen molar-refractivity contribution in [2.24, 2.45) is 0 Å². The molecular formula is C24H24BF3O3. The lowest BCUT2D eigenvalue weighted by Crippen LogP contribution is -2.43. The normalized spacial score (nSPS) is 12.6. The molecule has 0 saturated heterocycles. The van der Waals surface area contributed by atoms with Gasteiger partial charge in [0.2, 0.25) is 0 Å². The quantitative estimate of drug-likeness (QED) is 0.455. The predicted molar refractivity (Wildman–Crippen MR) is 114 cm³/mol. The topological polar surface area (TPSA) is 49.7 Å². The molecule has 2 N–H and O–H groups in total. The number of hydrogen-bond donors (Lipinski definition) is 2. The van der Waals surface area contributed by atoms with Crippen LogP contribution in [0.3, 0.4) is 0 Å². The maximum absolute atomic E-state index is 14.3. The van der Waals surface area contributed by atoms with Gasteiger partial charge in [-0.15, -0.1) is 0 Å². The van der Waals surface area contributed by atoms with Crippen LogP contribution in [-0.2, 0) is 10.3 Å². The van der Waals surface area contributed by atoms with Gasteiger partial charge in [-0.05, 0) is 59.5 Å². The molecule has 31 heavy (non-hydrogen) atoms. The van der Waals surface area contributed by atoms with Crippen molar-refractivity contribution >= 4 is 7.32 Å². The smallest absolute Gasteiger partial charge is 0.402 e. The molecule has 0 fully saturated rings. The third-order valence-electron chi connectivity index (χ3n) is 5.39. The molecule has 0 amide bonds. The Morgan fingerprint density at radius 2 is 1.35 bits per heavy atom. The van der Waals surface area contributed by atoms with E-state index >= 15 is 0 Å². The second kappa shape index (κ2) is 10.1. The first-order valence-corrected chi connectivity index (χ1v) is 10.2. The van der Waals surface area contributed by atoms with Crippen molar-refractivity contribution in [3.05, 3.63) is 107 Å². The first-order chi connectivity index (χ1) is 14.9. The van der Waals surface area contributed by atoms with Crippen molar-refractivity contribution in [2.45, 2.75) is 37.7 Å². The molecule has 0 aromatic heterocycles. The summed E-state index contributed by atoms with van der Waals surface area (Å²) >= 11 is 0. The van der Waals surface area contributed by atoms with E-state index in [0.29, 0.717) is 18.4 Å². The Morgan fingerprint density at radius 3 is 1.81 bits per heavy atom. The third kappa shape index (κ3) is 5.18. The fourth-order valence-electron chi connectivity index (χ4n) is 4.13. The van der Waals surface area contributed by atoms with E-state index in [2.05, 4.69) is 0 Å². The molecule has 0 aliphatic rings. The minimum absolute atomic E-state index is 0.261. The molecule has 0 aliphatic carbocycles. The number of unbranched alkanes of at least 4 members (excludes halogenated alkanes) is 1. The summed E-state index contributed by atoms with van der Waals surface area (Å²) in [6.45, 7) is 1.98. The van der Waals surface area contributed by atoms with Crippen molar-refractivity contribution in [2.75, 3.05) is 0 Å². The highest BCUT2D eigenvalue weighted by Gasteiger charge is 2.46. The van der Waals surface area contributed by atoms with Crippen LogP contribution >= 0.6 is 0 Å². The van der Waals surface area contributed by atoms with Gasteiger partial charge in [-0.3, -0.25) is 0 Å². The van der Waals surface area contributed by atoms with Gasteiger partial charge in [0.05, 0.1) is 0 Å². The summed E-state index contributed by atoms with van der Waals surface area (Å²) in [4.78, 5) is 0. The summed E-state index contributed by atoms with van der Waals surface area (Å²) in [5.41, 5.74) is -0.655. The standard InChI is InChI=1S/C24H24BF3O3/c1-2-3-13-23(17-7-4-10-20(26)14-17)24(31-25(29)30,18-8-5-11-21(27)15-18)19-9-6-12-22(28)16-19/h4-12,14-16,23,29-30H,2-3,13H2,1H3. The Labute approximate surface area is 180 Å². The molecular weight excluding hydrogens is 404 g/mol. The van der Waals surface area contributed by atoms with E-state index in [0.717, 1.165) is 6.42 Å². The summed E-state index contributed by atoms with van der Waals surface area (Å²) in [7, 11) is -2.25. The van der Waals surface area contributed by atoms with Crippen LogP contribution in [0.5, 0.6) is 0 Å². The molecule has 0 heterocycles. The Balaban J connectivity index is 2.37. The van der Waals surface area contributed by atoms with E-state index in [1.54, 1.807) is 24.3 Å². The van der Waals surface area contributed by atoms with E-state index in [1.165, 1.54) is 48.5 Å². The van der Waals surface area contributed by atoms with E-state index in [9.17, 15) is 23.2 Å². The van der Waals surface area contributed by atoms with Crippen LogP contribution in [0.15, 0.2) is 72.8 Å². The van der Waals surface area contributed by atoms with Gasteiger partial charge in [0, 0.05) is 5.92 Å². The van der Waals surface area contributed by atoms with Gasteiger partial charge in [-0.2, -0.15) is 0 Å². The molecule has 7 heteroatoms. The lowest BCUT2D eigenvalue weighted by molar-refractivity contribution is 0.0218. The van der Waals surface area contributed by atoms with Crippen molar-refractivity contribution in [3.63, 3.8) is 0 Å². The zero-order chi connectivity index (χ0) is 22.4. The third-order valence-corrected chi connectivity index (χ3v) is 5.39. The first kappa shape index (κ1) is 23.1. The maximum Gasteiger partial charge on any atom is 0.634 e. The van der Waals surface area contributed by atoms with Gasteiger partial charge in [-0.25, -0.2) is 13.2 Å². The molecule has 0 aliphatic heterocycles. The highest BCUT2D eigenvalue weighted by molar-refractivity contribution is 6.32. The van der Waals surface area contributed by atoms with Gasteiger partial charge in [0.15, 0.2) is 0 Å². The fourth-order valence-corrected chi connectivity index (χ4v) is 4.13. The van der Waals surface area contributed by atoms with Gasteiger partial charge >= 0.3 is 7.32 Å². The van der Waals surface area contributed by atoms with Gasteiger partial charge in [0.25, 0.3) is 0 Å². The van der Waals surface area contributed by atoms with Crippen molar-refractivity contribution in [1.82, 2.24) is 0 Å². The van der Waals surface area contributed by atoms with Crippen LogP contribution in [0.2, 0.25) is 0 Å². The van der Waals surface area contributed by atoms with Crippen LogP contribution in [0.4, 0.5) is 13.2 Å². The highest BCUT2D eigenvalue weighted by Crippen LogP contribution is 2.48. The average Bonchev–Trinajstić information content (AvgIpc) is 2.73. The Kier molecular flexibility index (Phi) is 7.54. The first-order valence-electron chi connectivity index (χ1n) is 10.2. The lowest BCUT2D eigenvalue weighted by Gasteiger charge is -2.42. The molecule has 3 nitrogen and oxygen atoms in total. The maximum atomic E-state index is 14.3. The summed E-state index contributed by atoms with van der Waals surface area (Å²) < 4.78 is 48.5. The number of benzene rings is 3. The van der Waals surface area contributed by atoms with E-state index in [-0.39, 0.29) is 11.1 Å². The zero-order valence-electron chi connectivity index (χ0n) is 17.1. The van der Waals surface area contributed by atoms with Crippen molar-refractivity contribution < 1.29 is 27.9 Å². The Bertz CT molecular complexity index is 967. The molecule has 0 radical (unpaired) electrons. The van der Waals surface area contributed by atoms with Gasteiger partial charge in [-0.1, -0.05) is 56.2 Å². The van der Waals surface area contributed by atoms with Crippen LogP contribution in [0.25, 0.3) is 0 Å². The number of rotatable bonds is 9. The summed E-state index contributed by atoms with van der Waals surface area (Å²) in [6.07, 6.45) is 1.94. The molecule has 3 rings (SSSR count). The van der Waals surface area contributed by atoms with Gasteiger partial charge in [0.1, 0.15) is 23.1 Å². The predicted octanol–water partition coefficient (Wildman–Crippen LogP) is 5.31. The van der Waals surface area contributed by atoms with Crippen molar-refractivity contribution in [1.29, 1.82) is 0 Å². The Morgan fingerprint density at radius 1 is 0.839 bits per heavy atom. The van der Waals surface area contributed by atoms with Crippen LogP contribution in [0.1, 0.15) is 48.8 Å². The second-order valence-corrected chi connectivity index (χ2v) is 7.45. The van der Waals surface area contributed by atoms with Crippen LogP contribution in [0, 0.1) is 17.5 Å². The molecule has 0 spiro atoms. The molecule has 1 atom stereocenters. The minimum Gasteiger partial charge on any atom is -0.402 e. The Hall–Kier alpha value is -2.61. The molecule has 1 unspecified atom stereocenters. The van der Waals surface area contributed by atoms with E-state index in [4.69, 9.17) is 4.65 Å². The minimum atomic E-state index is -2.25. The summed E-state index contributed by atoms with van der Waals surface area (Å²) in [5.74, 6) is -2.28. The average molecular weight is 428 g/mol. The monoisotopic (exact) mass is 428 g/mol. The summed E-state index contributed by atoms with van der Waals surface area (Å²) in [5, 5.41) is 19.8. The second-order valence-electron chi connectivity index (χ2n) is 7.45. The highest BCUT2D eigenvalue weighted by atomic mass is 19.1. The largest absolute Gasteiger partial charge is 0.634 e. The lowest BCUT2D eigenvalue weighted by atomic mass is 9.70. The molecule has 162 valence electrons. The fraction of sp³-hybridized carbons (Fsp3) is 0.250. The van der Waals surface area contributed by atoms with E-state index < -0.39 is 36.3 Å². The molecule has 0 bridgehead atoms. The summed E-state index contributed by atoms with van der Waals surface area (Å²) in [6, 6.07) is 16.9. The van der Waals surface area contributed by atoms with Crippen LogP contribution < -0.4 is 0 Å². The molecule has 0 saturated carbocycles. The van der Waals surface area contributed by atoms with E-state index in [1.807, 2.05) is 6.92 Å². The molecule has 3 aromatic rings.